The SMILES string of the molecule is CCNC(=NCCCOC(C)c1ccccc1)NCCCCN(CC)CC.I. The molecule has 0 fully saturated rings. The highest BCUT2D eigenvalue weighted by atomic mass is 127. The van der Waals surface area contributed by atoms with Crippen molar-refractivity contribution >= 4 is 29.9 Å². The molecule has 0 spiro atoms. The van der Waals surface area contributed by atoms with Crippen LogP contribution in [0.2, 0.25) is 0 Å². The van der Waals surface area contributed by atoms with Gasteiger partial charge in [0.05, 0.1) is 6.10 Å². The fourth-order valence-electron chi connectivity index (χ4n) is 2.88. The number of nitrogens with zero attached hydrogens (tertiary/aromatic N) is 2. The molecule has 5 nitrogen and oxygen atoms in total. The summed E-state index contributed by atoms with van der Waals surface area (Å²) in [7, 11) is 0. The van der Waals surface area contributed by atoms with Crippen molar-refractivity contribution < 1.29 is 4.74 Å². The van der Waals surface area contributed by atoms with E-state index >= 15 is 0 Å². The van der Waals surface area contributed by atoms with Crippen LogP contribution in [-0.2, 0) is 4.74 Å². The number of rotatable bonds is 14. The molecule has 2 N–H and O–H groups in total. The minimum Gasteiger partial charge on any atom is -0.374 e. The third kappa shape index (κ3) is 12.6. The normalized spacial score (nSPS) is 12.5. The third-order valence-electron chi connectivity index (χ3n) is 4.64. The van der Waals surface area contributed by atoms with E-state index in [2.05, 4.69) is 72.5 Å². The van der Waals surface area contributed by atoms with E-state index in [4.69, 9.17) is 4.74 Å². The second-order valence-electron chi connectivity index (χ2n) is 6.70. The van der Waals surface area contributed by atoms with Gasteiger partial charge >= 0.3 is 0 Å². The summed E-state index contributed by atoms with van der Waals surface area (Å²) in [6.45, 7) is 15.5. The molecule has 1 atom stereocenters. The minimum absolute atomic E-state index is 0. The molecule has 6 heteroatoms. The van der Waals surface area contributed by atoms with Crippen LogP contribution in [0, 0.1) is 0 Å². The molecule has 0 saturated carbocycles. The van der Waals surface area contributed by atoms with Crippen molar-refractivity contribution in [3.8, 4) is 0 Å². The number of ether oxygens (including phenoxy) is 1. The standard InChI is InChI=1S/C22H40N4O.HI/c1-5-23-22(24-16-11-12-18-26(6-2)7-3)25-17-13-19-27-20(4)21-14-9-8-10-15-21;/h8-10,14-15,20H,5-7,11-13,16-19H2,1-4H3,(H2,23,24,25);1H. The van der Waals surface area contributed by atoms with Gasteiger partial charge in [-0.05, 0) is 58.3 Å². The van der Waals surface area contributed by atoms with Crippen molar-refractivity contribution in [3.05, 3.63) is 35.9 Å². The monoisotopic (exact) mass is 504 g/mol. The number of benzene rings is 1. The fraction of sp³-hybridized carbons (Fsp3) is 0.682. The first-order valence-electron chi connectivity index (χ1n) is 10.6. The molecule has 0 amide bonds. The van der Waals surface area contributed by atoms with Crippen LogP contribution in [0.4, 0.5) is 0 Å². The van der Waals surface area contributed by atoms with Gasteiger partial charge in [-0.3, -0.25) is 4.99 Å². The first-order chi connectivity index (χ1) is 13.2. The summed E-state index contributed by atoms with van der Waals surface area (Å²) in [4.78, 5) is 7.12. The van der Waals surface area contributed by atoms with Crippen LogP contribution in [0.25, 0.3) is 0 Å². The Morgan fingerprint density at radius 3 is 2.39 bits per heavy atom. The van der Waals surface area contributed by atoms with Crippen molar-refractivity contribution in [3.63, 3.8) is 0 Å². The molecule has 1 aromatic rings. The van der Waals surface area contributed by atoms with Gasteiger partial charge in [0.2, 0.25) is 0 Å². The van der Waals surface area contributed by atoms with Crippen molar-refractivity contribution in [1.82, 2.24) is 15.5 Å². The second kappa shape index (κ2) is 18.2. The zero-order chi connectivity index (χ0) is 19.7. The molecular weight excluding hydrogens is 463 g/mol. The van der Waals surface area contributed by atoms with Crippen molar-refractivity contribution in [1.29, 1.82) is 0 Å². The number of nitrogens with one attached hydrogen (secondary N) is 2. The van der Waals surface area contributed by atoms with Crippen LogP contribution in [-0.4, -0.2) is 56.7 Å². The quantitative estimate of drug-likeness (QED) is 0.170. The van der Waals surface area contributed by atoms with E-state index in [0.717, 1.165) is 51.7 Å². The Labute approximate surface area is 189 Å². The van der Waals surface area contributed by atoms with Gasteiger partial charge in [0.1, 0.15) is 0 Å². The van der Waals surface area contributed by atoms with Crippen molar-refractivity contribution in [2.75, 3.05) is 45.9 Å². The summed E-state index contributed by atoms with van der Waals surface area (Å²) >= 11 is 0. The lowest BCUT2D eigenvalue weighted by Gasteiger charge is -2.18. The molecule has 0 aliphatic carbocycles. The molecule has 1 rings (SSSR count). The molecule has 0 radical (unpaired) electrons. The Bertz CT molecular complexity index is 495. The van der Waals surface area contributed by atoms with E-state index in [1.807, 2.05) is 6.07 Å². The van der Waals surface area contributed by atoms with Crippen LogP contribution >= 0.6 is 24.0 Å². The van der Waals surface area contributed by atoms with E-state index < -0.39 is 0 Å². The molecule has 0 aromatic heterocycles. The number of aliphatic imine (C=N–C) groups is 1. The summed E-state index contributed by atoms with van der Waals surface area (Å²) < 4.78 is 5.91. The van der Waals surface area contributed by atoms with Crippen molar-refractivity contribution in [2.24, 2.45) is 4.99 Å². The summed E-state index contributed by atoms with van der Waals surface area (Å²) in [5.41, 5.74) is 1.22. The number of hydrogen-bond acceptors (Lipinski definition) is 3. The predicted molar refractivity (Wildman–Crippen MR) is 132 cm³/mol. The molecule has 0 aliphatic rings. The van der Waals surface area contributed by atoms with Gasteiger partial charge in [0, 0.05) is 26.2 Å². The molecule has 162 valence electrons. The first kappa shape index (κ1) is 27.1. The van der Waals surface area contributed by atoms with Crippen LogP contribution < -0.4 is 10.6 Å². The smallest absolute Gasteiger partial charge is 0.191 e. The van der Waals surface area contributed by atoms with E-state index in [1.54, 1.807) is 0 Å². The molecule has 28 heavy (non-hydrogen) atoms. The Kier molecular flexibility index (Phi) is 17.6. The summed E-state index contributed by atoms with van der Waals surface area (Å²) in [6, 6.07) is 10.3. The summed E-state index contributed by atoms with van der Waals surface area (Å²) in [6.07, 6.45) is 3.44. The van der Waals surface area contributed by atoms with Crippen molar-refractivity contribution in [2.45, 2.75) is 53.1 Å². The van der Waals surface area contributed by atoms with Crippen LogP contribution in [0.5, 0.6) is 0 Å². The molecule has 0 saturated heterocycles. The zero-order valence-corrected chi connectivity index (χ0v) is 20.6. The van der Waals surface area contributed by atoms with Gasteiger partial charge in [-0.1, -0.05) is 44.2 Å². The van der Waals surface area contributed by atoms with Gasteiger partial charge in [0.25, 0.3) is 0 Å². The fourth-order valence-corrected chi connectivity index (χ4v) is 2.88. The summed E-state index contributed by atoms with van der Waals surface area (Å²) in [5, 5.41) is 6.75. The van der Waals surface area contributed by atoms with E-state index in [1.165, 1.54) is 24.9 Å². The predicted octanol–water partition coefficient (Wildman–Crippen LogP) is 4.45. The van der Waals surface area contributed by atoms with Gasteiger partial charge < -0.3 is 20.3 Å². The largest absolute Gasteiger partial charge is 0.374 e. The lowest BCUT2D eigenvalue weighted by molar-refractivity contribution is 0.0652. The lowest BCUT2D eigenvalue weighted by Crippen LogP contribution is -2.38. The number of halogens is 1. The minimum atomic E-state index is 0. The third-order valence-corrected chi connectivity index (χ3v) is 4.64. The lowest BCUT2D eigenvalue weighted by atomic mass is 10.1. The summed E-state index contributed by atoms with van der Waals surface area (Å²) in [5.74, 6) is 0.913. The maximum absolute atomic E-state index is 5.91. The number of guanidine groups is 1. The van der Waals surface area contributed by atoms with Gasteiger partial charge in [0.15, 0.2) is 5.96 Å². The highest BCUT2D eigenvalue weighted by molar-refractivity contribution is 14.0. The number of unbranched alkanes of at least 4 members (excludes halogenated alkanes) is 1. The van der Waals surface area contributed by atoms with Gasteiger partial charge in [-0.25, -0.2) is 0 Å². The van der Waals surface area contributed by atoms with E-state index in [-0.39, 0.29) is 30.1 Å². The molecule has 1 aromatic carbocycles. The topological polar surface area (TPSA) is 48.9 Å². The molecular formula is C22H41IN4O. The Morgan fingerprint density at radius 2 is 1.75 bits per heavy atom. The zero-order valence-electron chi connectivity index (χ0n) is 18.2. The molecule has 0 bridgehead atoms. The maximum Gasteiger partial charge on any atom is 0.191 e. The van der Waals surface area contributed by atoms with E-state index in [0.29, 0.717) is 0 Å². The average molecular weight is 505 g/mol. The highest BCUT2D eigenvalue weighted by Gasteiger charge is 2.04. The number of hydrogen-bond donors (Lipinski definition) is 2. The molecule has 1 unspecified atom stereocenters. The average Bonchev–Trinajstić information content (AvgIpc) is 2.70. The first-order valence-corrected chi connectivity index (χ1v) is 10.6. The van der Waals surface area contributed by atoms with Crippen LogP contribution in [0.3, 0.4) is 0 Å². The Hall–Kier alpha value is -0.860. The highest BCUT2D eigenvalue weighted by Crippen LogP contribution is 2.15. The van der Waals surface area contributed by atoms with Gasteiger partial charge in [-0.2, -0.15) is 0 Å². The molecule has 0 heterocycles. The maximum atomic E-state index is 5.91. The van der Waals surface area contributed by atoms with Crippen LogP contribution in [0.1, 0.15) is 58.6 Å². The van der Waals surface area contributed by atoms with Crippen LogP contribution in [0.15, 0.2) is 35.3 Å². The van der Waals surface area contributed by atoms with E-state index in [9.17, 15) is 0 Å². The molecule has 0 aliphatic heterocycles. The van der Waals surface area contributed by atoms with Gasteiger partial charge in [-0.15, -0.1) is 24.0 Å². The Morgan fingerprint density at radius 1 is 1.04 bits per heavy atom. The Balaban J connectivity index is 0.00000729. The second-order valence-corrected chi connectivity index (χ2v) is 6.70.